The minimum atomic E-state index is -4.46. The number of halogens is 3. The smallest absolute Gasteiger partial charge is 0.378 e. The third-order valence-corrected chi connectivity index (χ3v) is 5.46. The Balaban J connectivity index is 1.45. The molecular formula is C24H23F3N6O2. The lowest BCUT2D eigenvalue weighted by Gasteiger charge is -2.13. The Labute approximate surface area is 198 Å². The van der Waals surface area contributed by atoms with Crippen LogP contribution in [-0.4, -0.2) is 45.9 Å². The summed E-state index contributed by atoms with van der Waals surface area (Å²) < 4.78 is 41.7. The van der Waals surface area contributed by atoms with Gasteiger partial charge in [-0.05, 0) is 35.9 Å². The average Bonchev–Trinajstić information content (AvgIpc) is 3.24. The van der Waals surface area contributed by atoms with Crippen LogP contribution in [0.1, 0.15) is 21.5 Å². The van der Waals surface area contributed by atoms with Gasteiger partial charge in [-0.25, -0.2) is 9.67 Å². The van der Waals surface area contributed by atoms with E-state index in [0.717, 1.165) is 17.8 Å². The van der Waals surface area contributed by atoms with Gasteiger partial charge in [0.1, 0.15) is 11.7 Å². The number of nitrogens with zero attached hydrogens (tertiary/aromatic N) is 5. The Morgan fingerprint density at radius 1 is 1.11 bits per heavy atom. The summed E-state index contributed by atoms with van der Waals surface area (Å²) in [6.45, 7) is 0.489. The maximum atomic E-state index is 13.0. The van der Waals surface area contributed by atoms with E-state index in [2.05, 4.69) is 15.4 Å². The fourth-order valence-electron chi connectivity index (χ4n) is 3.62. The van der Waals surface area contributed by atoms with Gasteiger partial charge in [-0.1, -0.05) is 18.2 Å². The maximum absolute atomic E-state index is 13.0. The van der Waals surface area contributed by atoms with Crippen molar-refractivity contribution in [1.82, 2.24) is 24.6 Å². The van der Waals surface area contributed by atoms with Crippen molar-refractivity contribution in [2.24, 2.45) is 0 Å². The molecule has 11 heteroatoms. The third kappa shape index (κ3) is 5.34. The molecule has 0 fully saturated rings. The molecule has 2 aromatic heterocycles. The zero-order valence-corrected chi connectivity index (χ0v) is 19.1. The van der Waals surface area contributed by atoms with Gasteiger partial charge >= 0.3 is 6.18 Å². The summed E-state index contributed by atoms with van der Waals surface area (Å²) in [5.41, 5.74) is 0.901. The van der Waals surface area contributed by atoms with Gasteiger partial charge in [0.05, 0.1) is 24.8 Å². The van der Waals surface area contributed by atoms with Crippen molar-refractivity contribution in [2.75, 3.05) is 25.5 Å². The lowest BCUT2D eigenvalue weighted by molar-refractivity contribution is -0.137. The van der Waals surface area contributed by atoms with Gasteiger partial charge in [0.2, 0.25) is 0 Å². The Kier molecular flexibility index (Phi) is 6.59. The van der Waals surface area contributed by atoms with E-state index in [1.165, 1.54) is 33.9 Å². The highest BCUT2D eigenvalue weighted by Gasteiger charge is 2.30. The van der Waals surface area contributed by atoms with Crippen molar-refractivity contribution in [3.05, 3.63) is 88.1 Å². The number of rotatable bonds is 7. The van der Waals surface area contributed by atoms with Gasteiger partial charge < -0.3 is 10.2 Å². The number of carbonyl (C=O) groups excluding carboxylic acids is 1. The molecule has 0 bridgehead atoms. The highest BCUT2D eigenvalue weighted by Crippen LogP contribution is 2.29. The quantitative estimate of drug-likeness (QED) is 0.436. The van der Waals surface area contributed by atoms with Gasteiger partial charge in [0.25, 0.3) is 11.5 Å². The predicted octanol–water partition coefficient (Wildman–Crippen LogP) is 3.16. The van der Waals surface area contributed by atoms with Crippen molar-refractivity contribution in [3.63, 3.8) is 0 Å². The monoisotopic (exact) mass is 484 g/mol. The highest BCUT2D eigenvalue weighted by molar-refractivity contribution is 5.95. The second-order valence-corrected chi connectivity index (χ2v) is 8.18. The van der Waals surface area contributed by atoms with Crippen molar-refractivity contribution in [2.45, 2.75) is 19.3 Å². The van der Waals surface area contributed by atoms with Crippen LogP contribution in [0, 0.1) is 0 Å². The minimum Gasteiger partial charge on any atom is -0.378 e. The summed E-state index contributed by atoms with van der Waals surface area (Å²) in [5.74, 6) is -0.235. The van der Waals surface area contributed by atoms with Crippen molar-refractivity contribution >= 4 is 22.6 Å². The molecule has 0 radical (unpaired) electrons. The molecule has 0 saturated carbocycles. The summed E-state index contributed by atoms with van der Waals surface area (Å²) in [7, 11) is 3.78. The Hall–Kier alpha value is -4.15. The normalized spacial score (nSPS) is 11.6. The van der Waals surface area contributed by atoms with Crippen LogP contribution < -0.4 is 15.8 Å². The van der Waals surface area contributed by atoms with Crippen LogP contribution in [-0.2, 0) is 19.3 Å². The second kappa shape index (κ2) is 9.61. The Morgan fingerprint density at radius 3 is 2.63 bits per heavy atom. The summed E-state index contributed by atoms with van der Waals surface area (Å²) >= 11 is 0. The second-order valence-electron chi connectivity index (χ2n) is 8.18. The topological polar surface area (TPSA) is 85.0 Å². The first-order valence-electron chi connectivity index (χ1n) is 10.8. The van der Waals surface area contributed by atoms with Crippen molar-refractivity contribution in [3.8, 4) is 0 Å². The van der Waals surface area contributed by atoms with Gasteiger partial charge in [0, 0.05) is 31.9 Å². The van der Waals surface area contributed by atoms with Gasteiger partial charge in [-0.15, -0.1) is 0 Å². The molecule has 0 saturated heterocycles. The third-order valence-electron chi connectivity index (χ3n) is 5.46. The van der Waals surface area contributed by atoms with Gasteiger partial charge in [-0.2, -0.15) is 18.3 Å². The van der Waals surface area contributed by atoms with Crippen LogP contribution in [0.25, 0.3) is 11.0 Å². The van der Waals surface area contributed by atoms with Crippen LogP contribution in [0.15, 0.2) is 65.8 Å². The molecule has 4 aromatic rings. The van der Waals surface area contributed by atoms with E-state index in [0.29, 0.717) is 16.8 Å². The average molecular weight is 484 g/mol. The van der Waals surface area contributed by atoms with Crippen LogP contribution in [0.4, 0.5) is 18.9 Å². The van der Waals surface area contributed by atoms with Crippen LogP contribution in [0.2, 0.25) is 0 Å². The van der Waals surface area contributed by atoms with E-state index in [4.69, 9.17) is 0 Å². The highest BCUT2D eigenvalue weighted by atomic mass is 19.4. The minimum absolute atomic E-state index is 0.0566. The number of benzene rings is 2. The molecule has 35 heavy (non-hydrogen) atoms. The first-order chi connectivity index (χ1) is 16.6. The molecule has 0 spiro atoms. The largest absolute Gasteiger partial charge is 0.416 e. The number of anilines is 1. The molecule has 2 heterocycles. The number of amides is 1. The molecule has 4 rings (SSSR count). The zero-order valence-electron chi connectivity index (χ0n) is 19.1. The molecule has 0 atom stereocenters. The first-order valence-corrected chi connectivity index (χ1v) is 10.8. The van der Waals surface area contributed by atoms with Gasteiger partial charge in [-0.3, -0.25) is 14.2 Å². The van der Waals surface area contributed by atoms with Crippen molar-refractivity contribution in [1.29, 1.82) is 0 Å². The molecule has 0 unspecified atom stereocenters. The summed E-state index contributed by atoms with van der Waals surface area (Å²) in [5, 5.41) is 7.25. The fourth-order valence-corrected chi connectivity index (χ4v) is 3.62. The lowest BCUT2D eigenvalue weighted by atomic mass is 10.1. The first kappa shape index (κ1) is 24.0. The van der Waals surface area contributed by atoms with Gasteiger partial charge in [0.15, 0.2) is 5.65 Å². The molecule has 1 N–H and O–H groups in total. The molecule has 0 aliphatic rings. The van der Waals surface area contributed by atoms with E-state index < -0.39 is 17.3 Å². The molecule has 0 aliphatic heterocycles. The molecule has 1 amide bonds. The molecule has 0 aliphatic carbocycles. The van der Waals surface area contributed by atoms with Crippen molar-refractivity contribution < 1.29 is 18.0 Å². The molecule has 2 aromatic carbocycles. The van der Waals surface area contributed by atoms with E-state index in [-0.39, 0.29) is 30.9 Å². The van der Waals surface area contributed by atoms with E-state index in [1.807, 2.05) is 25.1 Å². The molecular weight excluding hydrogens is 461 g/mol. The SMILES string of the molecule is CN(C)c1cccc(C(=O)NCCn2ncc3c(=O)n(Cc4cccc(C(F)(F)F)c4)cnc32)c1. The summed E-state index contributed by atoms with van der Waals surface area (Å²) in [4.78, 5) is 31.5. The molecule has 8 nitrogen and oxygen atoms in total. The predicted molar refractivity (Wildman–Crippen MR) is 125 cm³/mol. The number of alkyl halides is 3. The Morgan fingerprint density at radius 2 is 1.89 bits per heavy atom. The number of hydrogen-bond acceptors (Lipinski definition) is 5. The van der Waals surface area contributed by atoms with E-state index >= 15 is 0 Å². The number of aromatic nitrogens is 4. The zero-order chi connectivity index (χ0) is 25.2. The standard InChI is InChI=1S/C24H23F3N6O2/c1-31(2)19-8-4-6-17(12-19)22(34)28-9-10-33-21-20(13-30-33)23(35)32(15-29-21)14-16-5-3-7-18(11-16)24(25,26)27/h3-8,11-13,15H,9-10,14H2,1-2H3,(H,28,34). The van der Waals surface area contributed by atoms with E-state index in [1.54, 1.807) is 18.2 Å². The van der Waals surface area contributed by atoms with E-state index in [9.17, 15) is 22.8 Å². The Bertz CT molecular complexity index is 1420. The lowest BCUT2D eigenvalue weighted by Crippen LogP contribution is -2.28. The number of nitrogens with one attached hydrogen (secondary N) is 1. The maximum Gasteiger partial charge on any atom is 0.416 e. The number of carbonyl (C=O) groups is 1. The van der Waals surface area contributed by atoms with Crippen LogP contribution in [0.3, 0.4) is 0 Å². The number of hydrogen-bond donors (Lipinski definition) is 1. The molecule has 182 valence electrons. The van der Waals surface area contributed by atoms with Crippen LogP contribution >= 0.6 is 0 Å². The number of fused-ring (bicyclic) bond motifs is 1. The summed E-state index contributed by atoms with van der Waals surface area (Å²) in [6.07, 6.45) is -1.81. The fraction of sp³-hybridized carbons (Fsp3) is 0.250. The summed E-state index contributed by atoms with van der Waals surface area (Å²) in [6, 6.07) is 12.0. The van der Waals surface area contributed by atoms with Crippen LogP contribution in [0.5, 0.6) is 0 Å².